The Kier molecular flexibility index (Phi) is 5.08. The average Bonchev–Trinajstić information content (AvgIpc) is 2.51. The van der Waals surface area contributed by atoms with Crippen LogP contribution in [0.15, 0.2) is 48.5 Å². The highest BCUT2D eigenvalue weighted by atomic mass is 16.6. The molecule has 0 bridgehead atoms. The van der Waals surface area contributed by atoms with E-state index in [0.717, 1.165) is 5.56 Å². The lowest BCUT2D eigenvalue weighted by Crippen LogP contribution is -2.28. The van der Waals surface area contributed by atoms with Gasteiger partial charge in [0.05, 0.1) is 4.92 Å². The predicted molar refractivity (Wildman–Crippen MR) is 81.6 cm³/mol. The van der Waals surface area contributed by atoms with Crippen molar-refractivity contribution in [1.82, 2.24) is 5.32 Å². The zero-order valence-corrected chi connectivity index (χ0v) is 12.1. The van der Waals surface area contributed by atoms with Crippen LogP contribution in [0.25, 0.3) is 0 Å². The minimum absolute atomic E-state index is 0.0286. The van der Waals surface area contributed by atoms with E-state index in [1.807, 2.05) is 30.3 Å². The van der Waals surface area contributed by atoms with Crippen LogP contribution >= 0.6 is 0 Å². The highest BCUT2D eigenvalue weighted by Gasteiger charge is 2.11. The third-order valence-electron chi connectivity index (χ3n) is 3.07. The van der Waals surface area contributed by atoms with Crippen molar-refractivity contribution in [2.75, 3.05) is 6.61 Å². The van der Waals surface area contributed by atoms with Crippen molar-refractivity contribution in [3.8, 4) is 5.75 Å². The molecular formula is C16H16N2O4. The zero-order valence-electron chi connectivity index (χ0n) is 12.1. The van der Waals surface area contributed by atoms with Crippen LogP contribution in [0.2, 0.25) is 0 Å². The van der Waals surface area contributed by atoms with Crippen LogP contribution in [0.1, 0.15) is 11.1 Å². The number of aryl methyl sites for hydroxylation is 1. The third kappa shape index (κ3) is 4.31. The van der Waals surface area contributed by atoms with Crippen LogP contribution < -0.4 is 10.1 Å². The first-order chi connectivity index (χ1) is 10.6. The monoisotopic (exact) mass is 300 g/mol. The molecule has 0 heterocycles. The lowest BCUT2D eigenvalue weighted by atomic mass is 10.2. The maximum Gasteiger partial charge on any atom is 0.272 e. The zero-order chi connectivity index (χ0) is 15.9. The van der Waals surface area contributed by atoms with Crippen LogP contribution in [-0.2, 0) is 11.3 Å². The van der Waals surface area contributed by atoms with Crippen molar-refractivity contribution >= 4 is 11.6 Å². The fourth-order valence-corrected chi connectivity index (χ4v) is 1.92. The lowest BCUT2D eigenvalue weighted by Gasteiger charge is -2.08. The molecule has 0 fully saturated rings. The second-order valence-corrected chi connectivity index (χ2v) is 4.76. The maximum absolute atomic E-state index is 11.7. The molecule has 22 heavy (non-hydrogen) atoms. The number of hydrogen-bond donors (Lipinski definition) is 1. The molecule has 0 aromatic heterocycles. The summed E-state index contributed by atoms with van der Waals surface area (Å²) in [6.45, 7) is 1.92. The first-order valence-electron chi connectivity index (χ1n) is 6.75. The molecular weight excluding hydrogens is 284 g/mol. The highest BCUT2D eigenvalue weighted by molar-refractivity contribution is 5.77. The summed E-state index contributed by atoms with van der Waals surface area (Å²) in [5.74, 6) is 0.179. The Morgan fingerprint density at radius 3 is 2.59 bits per heavy atom. The Balaban J connectivity index is 1.83. The smallest absolute Gasteiger partial charge is 0.272 e. The molecule has 2 aromatic carbocycles. The first kappa shape index (κ1) is 15.5. The Hall–Kier alpha value is -2.89. The average molecular weight is 300 g/mol. The van der Waals surface area contributed by atoms with Gasteiger partial charge in [-0.15, -0.1) is 0 Å². The van der Waals surface area contributed by atoms with Gasteiger partial charge < -0.3 is 10.1 Å². The summed E-state index contributed by atoms with van der Waals surface area (Å²) in [5.41, 5.74) is 1.52. The van der Waals surface area contributed by atoms with E-state index in [9.17, 15) is 14.9 Å². The number of benzene rings is 2. The minimum atomic E-state index is -0.453. The van der Waals surface area contributed by atoms with E-state index >= 15 is 0 Å². The number of carbonyl (C=O) groups excluding carboxylic acids is 1. The van der Waals surface area contributed by atoms with Crippen molar-refractivity contribution in [3.05, 3.63) is 69.8 Å². The van der Waals surface area contributed by atoms with E-state index in [-0.39, 0.29) is 18.2 Å². The minimum Gasteiger partial charge on any atom is -0.484 e. The van der Waals surface area contributed by atoms with E-state index in [0.29, 0.717) is 17.9 Å². The Labute approximate surface area is 127 Å². The van der Waals surface area contributed by atoms with Crippen molar-refractivity contribution in [1.29, 1.82) is 0 Å². The van der Waals surface area contributed by atoms with E-state index in [1.165, 1.54) is 12.1 Å². The van der Waals surface area contributed by atoms with Crippen LogP contribution in [-0.4, -0.2) is 17.4 Å². The molecule has 2 aromatic rings. The van der Waals surface area contributed by atoms with Gasteiger partial charge in [-0.05, 0) is 24.6 Å². The molecule has 1 amide bonds. The topological polar surface area (TPSA) is 81.5 Å². The largest absolute Gasteiger partial charge is 0.484 e. The number of rotatable bonds is 6. The number of hydrogen-bond acceptors (Lipinski definition) is 4. The van der Waals surface area contributed by atoms with Crippen molar-refractivity contribution < 1.29 is 14.5 Å². The number of nitro benzene ring substituents is 1. The first-order valence-corrected chi connectivity index (χ1v) is 6.75. The Bertz CT molecular complexity index is 671. The molecule has 0 spiro atoms. The number of nitrogens with zero attached hydrogens (tertiary/aromatic N) is 1. The van der Waals surface area contributed by atoms with Gasteiger partial charge in [0.1, 0.15) is 5.75 Å². The fraction of sp³-hybridized carbons (Fsp3) is 0.188. The van der Waals surface area contributed by atoms with Crippen molar-refractivity contribution in [2.45, 2.75) is 13.5 Å². The predicted octanol–water partition coefficient (Wildman–Crippen LogP) is 2.60. The fourth-order valence-electron chi connectivity index (χ4n) is 1.92. The number of ether oxygens (including phenoxy) is 1. The van der Waals surface area contributed by atoms with Gasteiger partial charge in [-0.1, -0.05) is 30.3 Å². The van der Waals surface area contributed by atoms with E-state index in [4.69, 9.17) is 4.74 Å². The second-order valence-electron chi connectivity index (χ2n) is 4.76. The molecule has 0 atom stereocenters. The summed E-state index contributed by atoms with van der Waals surface area (Å²) in [5, 5.41) is 13.5. The normalized spacial score (nSPS) is 10.0. The molecule has 0 aliphatic heterocycles. The molecule has 0 saturated heterocycles. The van der Waals surface area contributed by atoms with Gasteiger partial charge in [0.15, 0.2) is 6.61 Å². The SMILES string of the molecule is Cc1cc(OCC(=O)NCc2ccccc2)ccc1[N+](=O)[O-]. The standard InChI is InChI=1S/C16H16N2O4/c1-12-9-14(7-8-15(12)18(20)21)22-11-16(19)17-10-13-5-3-2-4-6-13/h2-9H,10-11H2,1H3,(H,17,19). The number of amides is 1. The summed E-state index contributed by atoms with van der Waals surface area (Å²) in [4.78, 5) is 22.0. The van der Waals surface area contributed by atoms with Crippen LogP contribution in [0, 0.1) is 17.0 Å². The van der Waals surface area contributed by atoms with Crippen LogP contribution in [0.4, 0.5) is 5.69 Å². The van der Waals surface area contributed by atoms with Gasteiger partial charge in [0, 0.05) is 18.2 Å². The molecule has 2 rings (SSSR count). The molecule has 0 aliphatic carbocycles. The quantitative estimate of drug-likeness (QED) is 0.656. The van der Waals surface area contributed by atoms with Gasteiger partial charge in [-0.2, -0.15) is 0 Å². The van der Waals surface area contributed by atoms with E-state index in [1.54, 1.807) is 13.0 Å². The molecule has 0 aliphatic rings. The second kappa shape index (κ2) is 7.21. The summed E-state index contributed by atoms with van der Waals surface area (Å²) < 4.78 is 5.34. The van der Waals surface area contributed by atoms with Gasteiger partial charge in [-0.25, -0.2) is 0 Å². The van der Waals surface area contributed by atoms with Gasteiger partial charge >= 0.3 is 0 Å². The van der Waals surface area contributed by atoms with Crippen molar-refractivity contribution in [3.63, 3.8) is 0 Å². The molecule has 0 radical (unpaired) electrons. The molecule has 114 valence electrons. The Morgan fingerprint density at radius 2 is 1.95 bits per heavy atom. The molecule has 6 nitrogen and oxygen atoms in total. The molecule has 0 unspecified atom stereocenters. The van der Waals surface area contributed by atoms with Gasteiger partial charge in [-0.3, -0.25) is 14.9 Å². The number of carbonyl (C=O) groups is 1. The number of nitrogens with one attached hydrogen (secondary N) is 1. The Morgan fingerprint density at radius 1 is 1.23 bits per heavy atom. The van der Waals surface area contributed by atoms with Crippen molar-refractivity contribution in [2.24, 2.45) is 0 Å². The summed E-state index contributed by atoms with van der Waals surface area (Å²) >= 11 is 0. The van der Waals surface area contributed by atoms with E-state index in [2.05, 4.69) is 5.32 Å². The lowest BCUT2D eigenvalue weighted by molar-refractivity contribution is -0.385. The molecule has 0 saturated carbocycles. The maximum atomic E-state index is 11.7. The van der Waals surface area contributed by atoms with E-state index < -0.39 is 4.92 Å². The van der Waals surface area contributed by atoms with Gasteiger partial charge in [0.25, 0.3) is 11.6 Å². The highest BCUT2D eigenvalue weighted by Crippen LogP contribution is 2.22. The summed E-state index contributed by atoms with van der Waals surface area (Å²) in [6, 6.07) is 13.9. The van der Waals surface area contributed by atoms with Crippen LogP contribution in [0.5, 0.6) is 5.75 Å². The molecule has 6 heteroatoms. The summed E-state index contributed by atoms with van der Waals surface area (Å²) in [6.07, 6.45) is 0. The third-order valence-corrected chi connectivity index (χ3v) is 3.07. The van der Waals surface area contributed by atoms with Crippen LogP contribution in [0.3, 0.4) is 0 Å². The summed E-state index contributed by atoms with van der Waals surface area (Å²) in [7, 11) is 0. The molecule has 1 N–H and O–H groups in total. The van der Waals surface area contributed by atoms with Gasteiger partial charge in [0.2, 0.25) is 0 Å². The number of nitro groups is 1.